The van der Waals surface area contributed by atoms with E-state index in [9.17, 15) is 19.2 Å². The maximum Gasteiger partial charge on any atom is 0.335 e. The van der Waals surface area contributed by atoms with Crippen LogP contribution in [0.3, 0.4) is 0 Å². The van der Waals surface area contributed by atoms with Crippen LogP contribution in [0.1, 0.15) is 22.3 Å². The first-order chi connectivity index (χ1) is 21.6. The number of halogens is 2. The van der Waals surface area contributed by atoms with Crippen LogP contribution in [-0.2, 0) is 21.0 Å². The summed E-state index contributed by atoms with van der Waals surface area (Å²) in [5.41, 5.74) is 3.97. The zero-order valence-electron chi connectivity index (χ0n) is 24.2. The molecule has 9 nitrogen and oxygen atoms in total. The second-order valence-corrected chi connectivity index (χ2v) is 11.0. The van der Waals surface area contributed by atoms with E-state index in [1.807, 2.05) is 56.3 Å². The van der Waals surface area contributed by atoms with Crippen molar-refractivity contribution in [3.8, 4) is 11.5 Å². The van der Waals surface area contributed by atoms with Gasteiger partial charge in [0, 0.05) is 5.69 Å². The van der Waals surface area contributed by atoms with E-state index in [4.69, 9.17) is 32.7 Å². The van der Waals surface area contributed by atoms with Gasteiger partial charge in [-0.25, -0.2) is 9.69 Å². The smallest absolute Gasteiger partial charge is 0.335 e. The van der Waals surface area contributed by atoms with Crippen molar-refractivity contribution in [3.05, 3.63) is 123 Å². The Morgan fingerprint density at radius 2 is 1.56 bits per heavy atom. The highest BCUT2D eigenvalue weighted by molar-refractivity contribution is 6.40. The third kappa shape index (κ3) is 7.52. The van der Waals surface area contributed by atoms with Crippen LogP contribution in [0, 0.1) is 13.8 Å². The lowest BCUT2D eigenvalue weighted by Gasteiger charge is -2.26. The Bertz CT molecular complexity index is 1800. The van der Waals surface area contributed by atoms with E-state index in [0.29, 0.717) is 23.6 Å². The molecular formula is C34H27Cl2N3O6. The highest BCUT2D eigenvalue weighted by atomic mass is 35.5. The fraction of sp³-hybridized carbons (Fsp3) is 0.118. The Morgan fingerprint density at radius 1 is 0.867 bits per heavy atom. The summed E-state index contributed by atoms with van der Waals surface area (Å²) in [6.45, 7) is 3.90. The fourth-order valence-electron chi connectivity index (χ4n) is 4.45. The van der Waals surface area contributed by atoms with E-state index in [0.717, 1.165) is 21.6 Å². The molecule has 1 fully saturated rings. The monoisotopic (exact) mass is 643 g/mol. The molecule has 1 saturated heterocycles. The number of nitrogens with one attached hydrogen (secondary N) is 2. The van der Waals surface area contributed by atoms with Crippen LogP contribution in [0.4, 0.5) is 16.2 Å². The fourth-order valence-corrected chi connectivity index (χ4v) is 5.06. The topological polar surface area (TPSA) is 114 Å². The molecule has 5 rings (SSSR count). The number of urea groups is 1. The van der Waals surface area contributed by atoms with Crippen molar-refractivity contribution in [1.82, 2.24) is 5.32 Å². The molecule has 0 atom stereocenters. The molecule has 11 heteroatoms. The Hall–Kier alpha value is -5.12. The average Bonchev–Trinajstić information content (AvgIpc) is 3.00. The van der Waals surface area contributed by atoms with E-state index in [-0.39, 0.29) is 33.7 Å². The van der Waals surface area contributed by atoms with Gasteiger partial charge in [0.1, 0.15) is 17.9 Å². The van der Waals surface area contributed by atoms with Gasteiger partial charge >= 0.3 is 6.03 Å². The predicted octanol–water partition coefficient (Wildman–Crippen LogP) is 6.87. The second-order valence-electron chi connectivity index (χ2n) is 10.2. The molecule has 1 heterocycles. The number of barbiturate groups is 1. The van der Waals surface area contributed by atoms with E-state index < -0.39 is 23.8 Å². The lowest BCUT2D eigenvalue weighted by molar-refractivity contribution is -0.122. The highest BCUT2D eigenvalue weighted by Gasteiger charge is 2.37. The molecular weight excluding hydrogens is 617 g/mol. The summed E-state index contributed by atoms with van der Waals surface area (Å²) >= 11 is 12.8. The number of ether oxygens (including phenoxy) is 2. The zero-order chi connectivity index (χ0) is 32.1. The van der Waals surface area contributed by atoms with Gasteiger partial charge in [-0.15, -0.1) is 0 Å². The molecule has 0 radical (unpaired) electrons. The van der Waals surface area contributed by atoms with Gasteiger partial charge in [0.05, 0.1) is 15.7 Å². The first-order valence-corrected chi connectivity index (χ1v) is 14.5. The maximum absolute atomic E-state index is 13.4. The minimum Gasteiger partial charge on any atom is -0.489 e. The summed E-state index contributed by atoms with van der Waals surface area (Å²) in [5, 5.41) is 5.04. The van der Waals surface area contributed by atoms with Gasteiger partial charge in [-0.05, 0) is 90.7 Å². The molecule has 4 aromatic carbocycles. The predicted molar refractivity (Wildman–Crippen MR) is 173 cm³/mol. The molecule has 1 aliphatic rings. The van der Waals surface area contributed by atoms with Gasteiger partial charge in [-0.1, -0.05) is 59.6 Å². The first-order valence-electron chi connectivity index (χ1n) is 13.8. The summed E-state index contributed by atoms with van der Waals surface area (Å²) in [5.74, 6) is -1.53. The molecule has 0 saturated carbocycles. The lowest BCUT2D eigenvalue weighted by atomic mass is 10.1. The Balaban J connectivity index is 1.27. The summed E-state index contributed by atoms with van der Waals surface area (Å²) in [4.78, 5) is 52.0. The largest absolute Gasteiger partial charge is 0.489 e. The molecule has 0 spiro atoms. The summed E-state index contributed by atoms with van der Waals surface area (Å²) < 4.78 is 11.4. The first kappa shape index (κ1) is 31.3. The quantitative estimate of drug-likeness (QED) is 0.152. The van der Waals surface area contributed by atoms with E-state index in [1.165, 1.54) is 18.2 Å². The lowest BCUT2D eigenvalue weighted by Crippen LogP contribution is -2.54. The second kappa shape index (κ2) is 13.7. The normalized spacial score (nSPS) is 13.9. The van der Waals surface area contributed by atoms with Crippen molar-refractivity contribution in [3.63, 3.8) is 0 Å². The molecule has 228 valence electrons. The van der Waals surface area contributed by atoms with Crippen LogP contribution in [0.15, 0.2) is 90.5 Å². The third-order valence-corrected chi connectivity index (χ3v) is 7.48. The number of carbonyl (C=O) groups is 4. The summed E-state index contributed by atoms with van der Waals surface area (Å²) in [7, 11) is 0. The number of nitrogens with zero attached hydrogens (tertiary/aromatic N) is 1. The Kier molecular flexibility index (Phi) is 9.51. The minimum atomic E-state index is -0.890. The molecule has 5 amide bonds. The van der Waals surface area contributed by atoms with Crippen molar-refractivity contribution in [2.75, 3.05) is 16.8 Å². The summed E-state index contributed by atoms with van der Waals surface area (Å²) in [6, 6.07) is 23.4. The third-order valence-electron chi connectivity index (χ3n) is 6.91. The van der Waals surface area contributed by atoms with Crippen molar-refractivity contribution < 1.29 is 28.7 Å². The molecule has 0 bridgehead atoms. The van der Waals surface area contributed by atoms with E-state index in [1.54, 1.807) is 30.3 Å². The van der Waals surface area contributed by atoms with Crippen LogP contribution in [-0.4, -0.2) is 30.4 Å². The molecule has 0 aromatic heterocycles. The number of imide groups is 2. The van der Waals surface area contributed by atoms with Crippen LogP contribution in [0.25, 0.3) is 6.08 Å². The number of amides is 5. The maximum atomic E-state index is 13.4. The minimum absolute atomic E-state index is 0.0519. The van der Waals surface area contributed by atoms with Gasteiger partial charge in [-0.3, -0.25) is 19.7 Å². The van der Waals surface area contributed by atoms with Crippen LogP contribution < -0.4 is 25.0 Å². The van der Waals surface area contributed by atoms with Crippen molar-refractivity contribution >= 4 is 64.4 Å². The Labute approximate surface area is 269 Å². The number of anilines is 2. The van der Waals surface area contributed by atoms with Gasteiger partial charge in [-0.2, -0.15) is 0 Å². The zero-order valence-corrected chi connectivity index (χ0v) is 25.7. The highest BCUT2D eigenvalue weighted by Crippen LogP contribution is 2.35. The molecule has 4 aromatic rings. The number of carbonyl (C=O) groups excluding carboxylic acids is 4. The number of hydrogen-bond donors (Lipinski definition) is 2. The van der Waals surface area contributed by atoms with Gasteiger partial charge in [0.2, 0.25) is 0 Å². The standard InChI is InChI=1S/C34H27Cl2N3O6/c1-20-8-9-24(14-21(20)2)37-30(40)19-45-31-28(35)16-23(17-29(31)36)15-27-32(41)38-34(43)39(33(27)42)25-10-12-26(13-11-25)44-18-22-6-4-3-5-7-22/h3-17H,18-19H2,1-2H3,(H,37,40)(H,38,41,43)/b27-15-. The van der Waals surface area contributed by atoms with E-state index >= 15 is 0 Å². The van der Waals surface area contributed by atoms with E-state index in [2.05, 4.69) is 10.6 Å². The van der Waals surface area contributed by atoms with Crippen molar-refractivity contribution in [2.24, 2.45) is 0 Å². The molecule has 1 aliphatic heterocycles. The molecule has 45 heavy (non-hydrogen) atoms. The average molecular weight is 645 g/mol. The number of aryl methyl sites for hydroxylation is 2. The van der Waals surface area contributed by atoms with Gasteiger partial charge in [0.25, 0.3) is 17.7 Å². The van der Waals surface area contributed by atoms with Crippen LogP contribution in [0.5, 0.6) is 11.5 Å². The number of benzene rings is 4. The Morgan fingerprint density at radius 3 is 2.22 bits per heavy atom. The van der Waals surface area contributed by atoms with Crippen LogP contribution >= 0.6 is 23.2 Å². The molecule has 2 N–H and O–H groups in total. The van der Waals surface area contributed by atoms with Gasteiger partial charge in [0.15, 0.2) is 12.4 Å². The number of rotatable bonds is 9. The molecule has 0 unspecified atom stereocenters. The van der Waals surface area contributed by atoms with Gasteiger partial charge < -0.3 is 14.8 Å². The SMILES string of the molecule is Cc1ccc(NC(=O)COc2c(Cl)cc(/C=C3/C(=O)NC(=O)N(c4ccc(OCc5ccccc5)cc4)C3=O)cc2Cl)cc1C. The summed E-state index contributed by atoms with van der Waals surface area (Å²) in [6.07, 6.45) is 1.27. The van der Waals surface area contributed by atoms with Crippen molar-refractivity contribution in [2.45, 2.75) is 20.5 Å². The van der Waals surface area contributed by atoms with Crippen LogP contribution in [0.2, 0.25) is 10.0 Å². The van der Waals surface area contributed by atoms with Crippen molar-refractivity contribution in [1.29, 1.82) is 0 Å². The number of hydrogen-bond acceptors (Lipinski definition) is 6. The molecule has 0 aliphatic carbocycles.